The number of aliphatic hydroxyl groups is 1. The molecule has 0 aliphatic carbocycles. The molecule has 1 N–H and O–H groups in total. The van der Waals surface area contributed by atoms with Gasteiger partial charge in [-0.15, -0.1) is 11.3 Å². The van der Waals surface area contributed by atoms with E-state index in [0.717, 1.165) is 19.6 Å². The second kappa shape index (κ2) is 10.00. The second-order valence-corrected chi connectivity index (χ2v) is 9.50. The van der Waals surface area contributed by atoms with Crippen LogP contribution < -0.4 is 0 Å². The zero-order chi connectivity index (χ0) is 24.4. The molecule has 3 heterocycles. The van der Waals surface area contributed by atoms with Crippen molar-refractivity contribution in [2.45, 2.75) is 26.3 Å². The van der Waals surface area contributed by atoms with Crippen molar-refractivity contribution in [3.05, 3.63) is 66.9 Å². The van der Waals surface area contributed by atoms with Gasteiger partial charge in [0.05, 0.1) is 45.3 Å². The molecule has 180 valence electrons. The first kappa shape index (κ1) is 24.0. The van der Waals surface area contributed by atoms with Crippen molar-refractivity contribution in [1.82, 2.24) is 14.8 Å². The molecule has 0 radical (unpaired) electrons. The highest BCUT2D eigenvalue weighted by atomic mass is 32.1. The van der Waals surface area contributed by atoms with Crippen LogP contribution in [0.3, 0.4) is 0 Å². The summed E-state index contributed by atoms with van der Waals surface area (Å²) >= 11 is 1.19. The minimum absolute atomic E-state index is 0.0661. The largest absolute Gasteiger partial charge is 0.503 e. The van der Waals surface area contributed by atoms with Crippen LogP contribution in [0.1, 0.15) is 38.4 Å². The molecular formula is C23H26N4O6S. The number of nitrogens with zero attached hydrogens (tertiary/aromatic N) is 4. The van der Waals surface area contributed by atoms with E-state index < -0.39 is 28.4 Å². The van der Waals surface area contributed by atoms with Crippen molar-refractivity contribution in [3.8, 4) is 0 Å². The van der Waals surface area contributed by atoms with E-state index in [1.807, 2.05) is 0 Å². The number of ketones is 1. The van der Waals surface area contributed by atoms with Crippen molar-refractivity contribution in [3.63, 3.8) is 0 Å². The fraction of sp³-hybridized carbons (Fsp3) is 0.435. The topological polar surface area (TPSA) is 126 Å². The van der Waals surface area contributed by atoms with Crippen molar-refractivity contribution in [1.29, 1.82) is 0 Å². The van der Waals surface area contributed by atoms with Crippen LogP contribution >= 0.6 is 11.3 Å². The van der Waals surface area contributed by atoms with E-state index in [0.29, 0.717) is 40.8 Å². The van der Waals surface area contributed by atoms with E-state index in [-0.39, 0.29) is 17.8 Å². The quantitative estimate of drug-likeness (QED) is 0.343. The third-order valence-electron chi connectivity index (χ3n) is 6.03. The third kappa shape index (κ3) is 4.72. The Balaban J connectivity index is 1.67. The molecule has 10 nitrogen and oxygen atoms in total. The van der Waals surface area contributed by atoms with Crippen LogP contribution in [0.4, 0.5) is 5.69 Å². The van der Waals surface area contributed by atoms with Gasteiger partial charge in [-0.05, 0) is 25.8 Å². The molecule has 1 atom stereocenters. The lowest BCUT2D eigenvalue weighted by Crippen LogP contribution is -2.39. The monoisotopic (exact) mass is 486 g/mol. The zero-order valence-electron chi connectivity index (χ0n) is 19.0. The molecule has 2 aliphatic heterocycles. The van der Waals surface area contributed by atoms with Crippen molar-refractivity contribution in [2.24, 2.45) is 0 Å². The number of carbonyl (C=O) groups excluding carboxylic acids is 2. The standard InChI is InChI=1S/C23H26N4O6S/c1-14-22(34-15(2)24-14)20(28)18-19(16-5-3-6-17(13-16)27(31)32)26(23(30)21(18)29)8-4-7-25-9-11-33-12-10-25/h3,5-6,13,19,29H,4,7-12H2,1-2H3/t19-/m0/s1. The average molecular weight is 487 g/mol. The second-order valence-electron chi connectivity index (χ2n) is 8.30. The molecule has 0 spiro atoms. The first-order valence-corrected chi connectivity index (χ1v) is 11.9. The third-order valence-corrected chi connectivity index (χ3v) is 7.10. The number of aromatic nitrogens is 1. The van der Waals surface area contributed by atoms with Gasteiger partial charge < -0.3 is 14.7 Å². The van der Waals surface area contributed by atoms with Gasteiger partial charge in [-0.1, -0.05) is 12.1 Å². The summed E-state index contributed by atoms with van der Waals surface area (Å²) in [4.78, 5) is 45.8. The molecule has 0 saturated carbocycles. The van der Waals surface area contributed by atoms with Crippen LogP contribution in [0.15, 0.2) is 35.6 Å². The van der Waals surface area contributed by atoms with Crippen LogP contribution in [-0.4, -0.2) is 75.9 Å². The van der Waals surface area contributed by atoms with Crippen molar-refractivity contribution in [2.75, 3.05) is 39.4 Å². The number of morpholine rings is 1. The highest BCUT2D eigenvalue weighted by Crippen LogP contribution is 2.41. The number of amides is 1. The molecule has 1 aromatic heterocycles. The van der Waals surface area contributed by atoms with E-state index in [1.54, 1.807) is 19.9 Å². The molecule has 1 aromatic carbocycles. The minimum Gasteiger partial charge on any atom is -0.503 e. The van der Waals surface area contributed by atoms with E-state index in [9.17, 15) is 24.8 Å². The maximum Gasteiger partial charge on any atom is 0.290 e. The molecule has 4 rings (SSSR count). The number of ether oxygens (including phenoxy) is 1. The molecule has 2 aliphatic rings. The molecule has 1 fully saturated rings. The van der Waals surface area contributed by atoms with E-state index >= 15 is 0 Å². The predicted octanol–water partition coefficient (Wildman–Crippen LogP) is 2.97. The number of thiazole rings is 1. The Kier molecular flexibility index (Phi) is 7.05. The maximum absolute atomic E-state index is 13.5. The van der Waals surface area contributed by atoms with Gasteiger partial charge >= 0.3 is 0 Å². The van der Waals surface area contributed by atoms with Gasteiger partial charge in [0.25, 0.3) is 11.6 Å². The summed E-state index contributed by atoms with van der Waals surface area (Å²) in [6.45, 7) is 7.42. The summed E-state index contributed by atoms with van der Waals surface area (Å²) in [5, 5.41) is 22.9. The molecule has 0 unspecified atom stereocenters. The highest BCUT2D eigenvalue weighted by Gasteiger charge is 2.44. The first-order valence-electron chi connectivity index (χ1n) is 11.0. The SMILES string of the molecule is Cc1nc(C)c(C(=O)C2=C(O)C(=O)N(CCCN3CCOCC3)[C@H]2c2cccc([N+](=O)[O-])c2)s1. The smallest absolute Gasteiger partial charge is 0.290 e. The van der Waals surface area contributed by atoms with Crippen molar-refractivity contribution >= 4 is 28.7 Å². The summed E-state index contributed by atoms with van der Waals surface area (Å²) in [6.07, 6.45) is 0.616. The van der Waals surface area contributed by atoms with E-state index in [1.165, 1.54) is 34.4 Å². The Labute approximate surface area is 200 Å². The van der Waals surface area contributed by atoms with E-state index in [2.05, 4.69) is 9.88 Å². The number of non-ortho nitro benzene ring substituents is 1. The molecule has 2 aromatic rings. The van der Waals surface area contributed by atoms with Gasteiger partial charge in [0.15, 0.2) is 5.76 Å². The van der Waals surface area contributed by atoms with Gasteiger partial charge in [-0.25, -0.2) is 4.98 Å². The van der Waals surface area contributed by atoms with Gasteiger partial charge in [-0.2, -0.15) is 0 Å². The summed E-state index contributed by atoms with van der Waals surface area (Å²) in [6, 6.07) is 4.93. The molecule has 1 saturated heterocycles. The Bertz CT molecular complexity index is 1150. The average Bonchev–Trinajstić information content (AvgIpc) is 3.29. The first-order chi connectivity index (χ1) is 16.3. The number of aliphatic hydroxyl groups excluding tert-OH is 1. The van der Waals surface area contributed by atoms with Gasteiger partial charge in [0.1, 0.15) is 0 Å². The molecule has 34 heavy (non-hydrogen) atoms. The number of carbonyl (C=O) groups is 2. The lowest BCUT2D eigenvalue weighted by molar-refractivity contribution is -0.384. The number of hydrogen-bond acceptors (Lipinski definition) is 9. The fourth-order valence-corrected chi connectivity index (χ4v) is 5.30. The summed E-state index contributed by atoms with van der Waals surface area (Å²) in [7, 11) is 0. The maximum atomic E-state index is 13.5. The number of nitro benzene ring substituents is 1. The van der Waals surface area contributed by atoms with Gasteiger partial charge in [-0.3, -0.25) is 24.6 Å². The van der Waals surface area contributed by atoms with Crippen LogP contribution in [0.2, 0.25) is 0 Å². The minimum atomic E-state index is -0.925. The Hall–Kier alpha value is -3.15. The van der Waals surface area contributed by atoms with Crippen molar-refractivity contribution < 1.29 is 24.4 Å². The number of Topliss-reactive ketones (excluding diaryl/α,β-unsaturated/α-hetero) is 1. The Morgan fingerprint density at radius 1 is 1.29 bits per heavy atom. The number of nitro groups is 1. The fourth-order valence-electron chi connectivity index (χ4n) is 4.42. The van der Waals surface area contributed by atoms with Gasteiger partial charge in [0, 0.05) is 38.3 Å². The molecular weight excluding hydrogens is 460 g/mol. The van der Waals surface area contributed by atoms with E-state index in [4.69, 9.17) is 4.74 Å². The normalized spacial score (nSPS) is 19.2. The number of benzene rings is 1. The lowest BCUT2D eigenvalue weighted by atomic mass is 9.94. The van der Waals surface area contributed by atoms with Gasteiger partial charge in [0.2, 0.25) is 5.78 Å². The molecule has 0 bridgehead atoms. The zero-order valence-corrected chi connectivity index (χ0v) is 19.8. The highest BCUT2D eigenvalue weighted by molar-refractivity contribution is 7.14. The summed E-state index contributed by atoms with van der Waals surface area (Å²) in [5.74, 6) is -1.75. The molecule has 11 heteroatoms. The Morgan fingerprint density at radius 2 is 2.03 bits per heavy atom. The van der Waals surface area contributed by atoms with Crippen LogP contribution in [0.25, 0.3) is 0 Å². The molecule has 1 amide bonds. The summed E-state index contributed by atoms with van der Waals surface area (Å²) < 4.78 is 5.37. The Morgan fingerprint density at radius 3 is 2.68 bits per heavy atom. The van der Waals surface area contributed by atoms with Crippen LogP contribution in [-0.2, 0) is 9.53 Å². The summed E-state index contributed by atoms with van der Waals surface area (Å²) in [5.41, 5.74) is 0.703. The van der Waals surface area contributed by atoms with Crippen LogP contribution in [0, 0.1) is 24.0 Å². The number of hydrogen-bond donors (Lipinski definition) is 1. The number of rotatable bonds is 8. The van der Waals surface area contributed by atoms with Crippen LogP contribution in [0.5, 0.6) is 0 Å². The predicted molar refractivity (Wildman–Crippen MR) is 125 cm³/mol. The number of aryl methyl sites for hydroxylation is 2. The lowest BCUT2D eigenvalue weighted by Gasteiger charge is -2.30.